The minimum absolute atomic E-state index is 0.550. The summed E-state index contributed by atoms with van der Waals surface area (Å²) >= 11 is 0. The SMILES string of the molecule is CC(C)=C1C2C=CC1c1cc3c(cc12)C1C=CC3C1=C(C)C. The van der Waals surface area contributed by atoms with Crippen LogP contribution in [0.15, 0.2) is 58.7 Å². The van der Waals surface area contributed by atoms with E-state index in [-0.39, 0.29) is 0 Å². The van der Waals surface area contributed by atoms with Crippen molar-refractivity contribution in [2.45, 2.75) is 51.4 Å². The summed E-state index contributed by atoms with van der Waals surface area (Å²) in [5.41, 5.74) is 12.6. The second-order valence-corrected chi connectivity index (χ2v) is 7.70. The number of rotatable bonds is 0. The Labute approximate surface area is 132 Å². The lowest BCUT2D eigenvalue weighted by atomic mass is 9.88. The van der Waals surface area contributed by atoms with E-state index in [0.717, 1.165) is 0 Å². The molecule has 0 heterocycles. The van der Waals surface area contributed by atoms with Crippen LogP contribution in [0.2, 0.25) is 0 Å². The predicted molar refractivity (Wildman–Crippen MR) is 92.4 cm³/mol. The van der Waals surface area contributed by atoms with Crippen LogP contribution in [-0.4, -0.2) is 0 Å². The van der Waals surface area contributed by atoms with Crippen molar-refractivity contribution in [1.82, 2.24) is 0 Å². The zero-order valence-electron chi connectivity index (χ0n) is 13.8. The third-order valence-corrected chi connectivity index (χ3v) is 6.12. The van der Waals surface area contributed by atoms with Crippen molar-refractivity contribution < 1.29 is 0 Å². The predicted octanol–water partition coefficient (Wildman–Crippen LogP) is 5.86. The summed E-state index contributed by atoms with van der Waals surface area (Å²) < 4.78 is 0. The highest BCUT2D eigenvalue weighted by atomic mass is 14.5. The van der Waals surface area contributed by atoms with Crippen molar-refractivity contribution in [3.8, 4) is 0 Å². The molecule has 4 aliphatic rings. The Kier molecular flexibility index (Phi) is 2.27. The Hall–Kier alpha value is -1.82. The van der Waals surface area contributed by atoms with Gasteiger partial charge in [0.1, 0.15) is 0 Å². The van der Waals surface area contributed by atoms with E-state index in [0.29, 0.717) is 23.7 Å². The van der Waals surface area contributed by atoms with E-state index in [9.17, 15) is 0 Å². The van der Waals surface area contributed by atoms with Crippen molar-refractivity contribution >= 4 is 0 Å². The van der Waals surface area contributed by atoms with Crippen molar-refractivity contribution in [2.75, 3.05) is 0 Å². The molecule has 110 valence electrons. The fourth-order valence-electron chi connectivity index (χ4n) is 5.32. The Morgan fingerprint density at radius 3 is 1.05 bits per heavy atom. The third kappa shape index (κ3) is 1.30. The molecule has 0 fully saturated rings. The summed E-state index contributed by atoms with van der Waals surface area (Å²) in [7, 11) is 0. The lowest BCUT2D eigenvalue weighted by Crippen LogP contribution is -2.00. The summed E-state index contributed by atoms with van der Waals surface area (Å²) in [4.78, 5) is 0. The quantitative estimate of drug-likeness (QED) is 0.524. The van der Waals surface area contributed by atoms with Crippen LogP contribution in [0, 0.1) is 0 Å². The summed E-state index contributed by atoms with van der Waals surface area (Å²) in [6.45, 7) is 9.09. The van der Waals surface area contributed by atoms with E-state index in [1.807, 2.05) is 0 Å². The summed E-state index contributed by atoms with van der Waals surface area (Å²) in [6, 6.07) is 5.08. The van der Waals surface area contributed by atoms with Gasteiger partial charge in [-0.25, -0.2) is 0 Å². The molecule has 0 nitrogen and oxygen atoms in total. The monoisotopic (exact) mass is 286 g/mol. The van der Waals surface area contributed by atoms with Crippen molar-refractivity contribution in [3.63, 3.8) is 0 Å². The van der Waals surface area contributed by atoms with Crippen LogP contribution < -0.4 is 0 Å². The molecule has 4 unspecified atom stereocenters. The Bertz CT molecular complexity index is 711. The van der Waals surface area contributed by atoms with Gasteiger partial charge >= 0.3 is 0 Å². The standard InChI is InChI=1S/C22H22/c1-11(2)21-13-5-6-14(21)18-10-20-16-8-7-15(22(16)12(3)4)19(20)9-17(13)18/h5-10,13-16H,1-4H3. The normalized spacial score (nSPS) is 32.0. The first kappa shape index (κ1) is 12.7. The molecule has 5 rings (SSSR count). The highest BCUT2D eigenvalue weighted by molar-refractivity contribution is 5.68. The highest BCUT2D eigenvalue weighted by Gasteiger charge is 2.43. The number of fused-ring (bicyclic) bond motifs is 10. The molecule has 0 aliphatic heterocycles. The second-order valence-electron chi connectivity index (χ2n) is 7.70. The molecule has 22 heavy (non-hydrogen) atoms. The van der Waals surface area contributed by atoms with Crippen LogP contribution in [0.25, 0.3) is 0 Å². The maximum absolute atomic E-state index is 2.54. The topological polar surface area (TPSA) is 0 Å². The van der Waals surface area contributed by atoms with E-state index >= 15 is 0 Å². The average molecular weight is 286 g/mol. The molecule has 4 aliphatic carbocycles. The van der Waals surface area contributed by atoms with Crippen molar-refractivity contribution in [2.24, 2.45) is 0 Å². The largest absolute Gasteiger partial charge is 0.0760 e. The number of hydrogen-bond donors (Lipinski definition) is 0. The molecule has 4 atom stereocenters. The van der Waals surface area contributed by atoms with Gasteiger partial charge < -0.3 is 0 Å². The van der Waals surface area contributed by atoms with Gasteiger partial charge in [-0.05, 0) is 61.1 Å². The molecule has 0 heteroatoms. The van der Waals surface area contributed by atoms with Crippen molar-refractivity contribution in [1.29, 1.82) is 0 Å². The van der Waals surface area contributed by atoms with E-state index in [4.69, 9.17) is 0 Å². The molecule has 0 saturated carbocycles. The zero-order chi connectivity index (χ0) is 15.2. The molecule has 0 saturated heterocycles. The van der Waals surface area contributed by atoms with Gasteiger partial charge in [0.05, 0.1) is 0 Å². The van der Waals surface area contributed by atoms with E-state index in [1.54, 1.807) is 33.4 Å². The van der Waals surface area contributed by atoms with Gasteiger partial charge in [0.25, 0.3) is 0 Å². The Morgan fingerprint density at radius 2 is 0.818 bits per heavy atom. The first-order valence-corrected chi connectivity index (χ1v) is 8.46. The first-order valence-electron chi connectivity index (χ1n) is 8.46. The lowest BCUT2D eigenvalue weighted by molar-refractivity contribution is 0.977. The van der Waals surface area contributed by atoms with Crippen LogP contribution >= 0.6 is 0 Å². The maximum atomic E-state index is 2.54. The van der Waals surface area contributed by atoms with Gasteiger partial charge in [-0.3, -0.25) is 0 Å². The molecular formula is C22H22. The molecule has 0 amide bonds. The summed E-state index contributed by atoms with van der Waals surface area (Å²) in [5, 5.41) is 0. The van der Waals surface area contributed by atoms with Crippen LogP contribution in [-0.2, 0) is 0 Å². The fourth-order valence-corrected chi connectivity index (χ4v) is 5.32. The van der Waals surface area contributed by atoms with Gasteiger partial charge in [0.2, 0.25) is 0 Å². The van der Waals surface area contributed by atoms with Gasteiger partial charge in [-0.2, -0.15) is 0 Å². The summed E-state index contributed by atoms with van der Waals surface area (Å²) in [6.07, 6.45) is 9.69. The zero-order valence-corrected chi connectivity index (χ0v) is 13.8. The molecule has 1 aromatic carbocycles. The Balaban J connectivity index is 1.73. The number of allylic oxidation sites excluding steroid dienone is 8. The molecular weight excluding hydrogens is 264 g/mol. The van der Waals surface area contributed by atoms with Crippen LogP contribution in [0.4, 0.5) is 0 Å². The van der Waals surface area contributed by atoms with Crippen molar-refractivity contribution in [3.05, 3.63) is 81.0 Å². The first-order chi connectivity index (χ1) is 10.6. The second kappa shape index (κ2) is 3.93. The fraction of sp³-hybridized carbons (Fsp3) is 0.364. The van der Waals surface area contributed by atoms with Crippen LogP contribution in [0.1, 0.15) is 73.6 Å². The van der Waals surface area contributed by atoms with Gasteiger partial charge in [0, 0.05) is 23.7 Å². The molecule has 0 radical (unpaired) electrons. The third-order valence-electron chi connectivity index (χ3n) is 6.12. The highest BCUT2D eigenvalue weighted by Crippen LogP contribution is 2.59. The molecule has 4 bridgehead atoms. The minimum atomic E-state index is 0.550. The van der Waals surface area contributed by atoms with E-state index < -0.39 is 0 Å². The molecule has 0 spiro atoms. The van der Waals surface area contributed by atoms with E-state index in [1.165, 1.54) is 11.1 Å². The molecule has 1 aromatic rings. The van der Waals surface area contributed by atoms with Crippen LogP contribution in [0.5, 0.6) is 0 Å². The summed E-state index contributed by atoms with van der Waals surface area (Å²) in [5.74, 6) is 2.20. The smallest absolute Gasteiger partial charge is 0.0243 e. The number of benzene rings is 1. The van der Waals surface area contributed by atoms with Gasteiger partial charge in [-0.1, -0.05) is 47.6 Å². The number of hydrogen-bond acceptors (Lipinski definition) is 0. The average Bonchev–Trinajstić information content (AvgIpc) is 3.21. The lowest BCUT2D eigenvalue weighted by Gasteiger charge is -2.16. The minimum Gasteiger partial charge on any atom is -0.0760 e. The van der Waals surface area contributed by atoms with Gasteiger partial charge in [-0.15, -0.1) is 0 Å². The van der Waals surface area contributed by atoms with Gasteiger partial charge in [0.15, 0.2) is 0 Å². The van der Waals surface area contributed by atoms with E-state index in [2.05, 4.69) is 64.1 Å². The molecule has 0 aromatic heterocycles. The maximum Gasteiger partial charge on any atom is 0.0243 e. The Morgan fingerprint density at radius 1 is 0.545 bits per heavy atom. The molecule has 0 N–H and O–H groups in total. The van der Waals surface area contributed by atoms with Crippen LogP contribution in [0.3, 0.4) is 0 Å².